The van der Waals surface area contributed by atoms with Crippen LogP contribution in [-0.4, -0.2) is 79.3 Å². The minimum absolute atomic E-state index is 0.840. The molecule has 84 valence electrons. The fraction of sp³-hybridized carbons (Fsp3) is 1.00. The maximum absolute atomic E-state index is 2.66. The zero-order valence-corrected chi connectivity index (χ0v) is 14.3. The van der Waals surface area contributed by atoms with Crippen LogP contribution >= 0.6 is 0 Å². The van der Waals surface area contributed by atoms with E-state index in [1.807, 2.05) is 33.7 Å². The summed E-state index contributed by atoms with van der Waals surface area (Å²) in [5, 5.41) is 0. The van der Waals surface area contributed by atoms with E-state index in [9.17, 15) is 0 Å². The molecule has 4 heteroatoms. The fourth-order valence-electron chi connectivity index (χ4n) is 1.92. The Morgan fingerprint density at radius 1 is 0.857 bits per heavy atom. The zero-order valence-electron chi connectivity index (χ0n) is 9.45. The molecule has 1 fully saturated rings. The van der Waals surface area contributed by atoms with Gasteiger partial charge >= 0.3 is 106 Å². The first-order chi connectivity index (χ1) is 6.69. The summed E-state index contributed by atoms with van der Waals surface area (Å²) in [7, 11) is 0. The van der Waals surface area contributed by atoms with Gasteiger partial charge in [0.1, 0.15) is 0 Å². The maximum atomic E-state index is 2.66. The second-order valence-corrected chi connectivity index (χ2v) is 7.25. The molecule has 0 saturated carbocycles. The van der Waals surface area contributed by atoms with Crippen molar-refractivity contribution in [3.8, 4) is 0 Å². The van der Waals surface area contributed by atoms with E-state index in [1.54, 1.807) is 0 Å². The Labute approximate surface area is 106 Å². The van der Waals surface area contributed by atoms with E-state index in [0.29, 0.717) is 0 Å². The van der Waals surface area contributed by atoms with Crippen molar-refractivity contribution in [3.05, 3.63) is 0 Å². The summed E-state index contributed by atoms with van der Waals surface area (Å²) < 4.78 is 0. The molecule has 4 unspecified atom stereocenters. The van der Waals surface area contributed by atoms with Crippen molar-refractivity contribution in [2.45, 2.75) is 36.3 Å². The number of nitrogens with zero attached hydrogens (tertiary/aromatic N) is 2. The molecule has 0 aromatic carbocycles. The Morgan fingerprint density at radius 2 is 1.14 bits per heavy atom. The van der Waals surface area contributed by atoms with Gasteiger partial charge in [-0.25, -0.2) is 0 Å². The van der Waals surface area contributed by atoms with Gasteiger partial charge in [-0.2, -0.15) is 0 Å². The first-order valence-corrected chi connectivity index (χ1v) is 8.48. The van der Waals surface area contributed by atoms with E-state index in [4.69, 9.17) is 0 Å². The topological polar surface area (TPSA) is 6.48 Å². The molecule has 1 rings (SSSR count). The van der Waals surface area contributed by atoms with E-state index >= 15 is 0 Å². The van der Waals surface area contributed by atoms with Gasteiger partial charge in [0.15, 0.2) is 0 Å². The molecule has 1 heterocycles. The molecule has 1 saturated heterocycles. The molecule has 0 spiro atoms. The standard InChI is InChI=1S/C10H24As2N2/c1-3-9(11)13-5-7-14(8-6-13)10(12)4-2/h9-10H,3-8,11-12H2,1-2H3. The first kappa shape index (κ1) is 13.1. The Kier molecular flexibility index (Phi) is 6.16. The van der Waals surface area contributed by atoms with Crippen LogP contribution in [0.4, 0.5) is 0 Å². The molecule has 14 heavy (non-hydrogen) atoms. The quantitative estimate of drug-likeness (QED) is 0.635. The van der Waals surface area contributed by atoms with Gasteiger partial charge in [-0.05, 0) is 0 Å². The number of piperazine rings is 1. The molecular formula is C10H24As2N2. The van der Waals surface area contributed by atoms with Crippen molar-refractivity contribution in [2.75, 3.05) is 26.2 Å². The molecule has 0 aromatic heterocycles. The monoisotopic (exact) mass is 322 g/mol. The minimum atomic E-state index is 0.840. The van der Waals surface area contributed by atoms with Crippen LogP contribution in [0.2, 0.25) is 0 Å². The molecule has 4 atom stereocenters. The van der Waals surface area contributed by atoms with Crippen LogP contribution in [0, 0.1) is 0 Å². The summed E-state index contributed by atoms with van der Waals surface area (Å²) in [5.74, 6) is 0. The molecule has 0 amide bonds. The van der Waals surface area contributed by atoms with Crippen LogP contribution in [0.1, 0.15) is 26.7 Å². The summed E-state index contributed by atoms with van der Waals surface area (Å²) >= 11 is 3.78. The Morgan fingerprint density at radius 3 is 1.36 bits per heavy atom. The van der Waals surface area contributed by atoms with Crippen molar-refractivity contribution in [1.29, 1.82) is 0 Å². The van der Waals surface area contributed by atoms with Crippen LogP contribution in [0.3, 0.4) is 0 Å². The van der Waals surface area contributed by atoms with E-state index in [1.165, 1.54) is 39.0 Å². The summed E-state index contributed by atoms with van der Waals surface area (Å²) in [6.07, 6.45) is 2.63. The summed E-state index contributed by atoms with van der Waals surface area (Å²) in [5.41, 5.74) is 0. The number of rotatable bonds is 4. The summed E-state index contributed by atoms with van der Waals surface area (Å²) in [6.45, 7) is 9.76. The van der Waals surface area contributed by atoms with E-state index in [0.717, 1.165) is 9.66 Å². The molecule has 0 radical (unpaired) electrons. The summed E-state index contributed by atoms with van der Waals surface area (Å²) in [6, 6.07) is 0. The SMILES string of the molecule is CCC([AsH2])N1CCN(C([AsH2])CC)CC1. The van der Waals surface area contributed by atoms with Gasteiger partial charge in [0, 0.05) is 0 Å². The molecule has 2 nitrogen and oxygen atoms in total. The van der Waals surface area contributed by atoms with E-state index in [2.05, 4.69) is 23.6 Å². The normalized spacial score (nSPS) is 24.9. The van der Waals surface area contributed by atoms with Crippen molar-refractivity contribution in [1.82, 2.24) is 9.80 Å². The van der Waals surface area contributed by atoms with Gasteiger partial charge in [0.2, 0.25) is 0 Å². The number of hydrogen-bond donors (Lipinski definition) is 0. The zero-order chi connectivity index (χ0) is 10.6. The van der Waals surface area contributed by atoms with Crippen molar-refractivity contribution < 1.29 is 0 Å². The van der Waals surface area contributed by atoms with Gasteiger partial charge in [-0.15, -0.1) is 0 Å². The third-order valence-corrected chi connectivity index (χ3v) is 6.87. The van der Waals surface area contributed by atoms with Crippen LogP contribution < -0.4 is 0 Å². The van der Waals surface area contributed by atoms with Crippen molar-refractivity contribution in [3.63, 3.8) is 0 Å². The van der Waals surface area contributed by atoms with Gasteiger partial charge < -0.3 is 0 Å². The van der Waals surface area contributed by atoms with Gasteiger partial charge in [0.25, 0.3) is 0 Å². The van der Waals surface area contributed by atoms with Gasteiger partial charge in [-0.3, -0.25) is 0 Å². The van der Waals surface area contributed by atoms with Crippen LogP contribution in [0.25, 0.3) is 0 Å². The molecule has 1 aliphatic rings. The van der Waals surface area contributed by atoms with Crippen LogP contribution in [0.5, 0.6) is 0 Å². The third-order valence-electron chi connectivity index (χ3n) is 3.12. The van der Waals surface area contributed by atoms with Crippen LogP contribution in [-0.2, 0) is 0 Å². The second kappa shape index (κ2) is 6.58. The molecule has 0 aromatic rings. The van der Waals surface area contributed by atoms with Crippen molar-refractivity contribution >= 4 is 33.7 Å². The second-order valence-electron chi connectivity index (χ2n) is 4.02. The molecule has 0 aliphatic carbocycles. The fourth-order valence-corrected chi connectivity index (χ4v) is 3.17. The van der Waals surface area contributed by atoms with Crippen LogP contribution in [0.15, 0.2) is 0 Å². The Bertz CT molecular complexity index is 140. The average molecular weight is 322 g/mol. The van der Waals surface area contributed by atoms with Crippen molar-refractivity contribution in [2.24, 2.45) is 0 Å². The van der Waals surface area contributed by atoms with E-state index in [-0.39, 0.29) is 0 Å². The first-order valence-electron chi connectivity index (χ1n) is 5.68. The molecular weight excluding hydrogens is 298 g/mol. The molecule has 0 bridgehead atoms. The number of hydrogen-bond acceptors (Lipinski definition) is 2. The van der Waals surface area contributed by atoms with Gasteiger partial charge in [-0.1, -0.05) is 0 Å². The average Bonchev–Trinajstić information content (AvgIpc) is 2.27. The Balaban J connectivity index is 2.31. The summed E-state index contributed by atoms with van der Waals surface area (Å²) in [4.78, 5) is 7.00. The predicted molar refractivity (Wildman–Crippen MR) is 68.4 cm³/mol. The third kappa shape index (κ3) is 3.56. The predicted octanol–water partition coefficient (Wildman–Crippen LogP) is -0.658. The van der Waals surface area contributed by atoms with E-state index < -0.39 is 0 Å². The Hall–Kier alpha value is 1.04. The molecule has 1 aliphatic heterocycles. The molecule has 0 N–H and O–H groups in total. The van der Waals surface area contributed by atoms with Gasteiger partial charge in [0.05, 0.1) is 0 Å².